The fourth-order valence-corrected chi connectivity index (χ4v) is 3.02. The van der Waals surface area contributed by atoms with Crippen LogP contribution in [0.1, 0.15) is 24.0 Å². The predicted octanol–water partition coefficient (Wildman–Crippen LogP) is 3.97. The monoisotopic (exact) mass is 410 g/mol. The highest BCUT2D eigenvalue weighted by Gasteiger charge is 2.08. The molecule has 1 aromatic heterocycles. The van der Waals surface area contributed by atoms with Crippen molar-refractivity contribution < 1.29 is 23.8 Å². The maximum atomic E-state index is 11.7. The Bertz CT molecular complexity index is 968. The number of rotatable bonds is 10. The number of H-pyrrole nitrogens is 1. The number of aryl methyl sites for hydroxylation is 1. The zero-order valence-corrected chi connectivity index (χ0v) is 17.0. The Labute approximate surface area is 175 Å². The van der Waals surface area contributed by atoms with Gasteiger partial charge in [-0.05, 0) is 42.2 Å². The Balaban J connectivity index is 1.39. The van der Waals surface area contributed by atoms with E-state index in [2.05, 4.69) is 10.3 Å². The van der Waals surface area contributed by atoms with Crippen molar-refractivity contribution in [3.63, 3.8) is 0 Å². The van der Waals surface area contributed by atoms with Gasteiger partial charge in [0.15, 0.2) is 0 Å². The molecule has 0 bridgehead atoms. The number of carbonyl (C=O) groups excluding carboxylic acids is 2. The molecule has 0 aliphatic heterocycles. The van der Waals surface area contributed by atoms with Gasteiger partial charge in [-0.1, -0.05) is 30.3 Å². The number of ether oxygens (including phenoxy) is 3. The maximum Gasteiger partial charge on any atom is 0.407 e. The van der Waals surface area contributed by atoms with E-state index in [1.54, 1.807) is 0 Å². The van der Waals surface area contributed by atoms with Crippen molar-refractivity contribution in [3.8, 4) is 5.75 Å². The molecule has 1 heterocycles. The molecule has 1 amide bonds. The van der Waals surface area contributed by atoms with E-state index in [0.29, 0.717) is 32.4 Å². The zero-order chi connectivity index (χ0) is 21.2. The molecule has 7 nitrogen and oxygen atoms in total. The number of esters is 1. The molecular weight excluding hydrogens is 384 g/mol. The third-order valence-corrected chi connectivity index (χ3v) is 4.64. The number of aromatic amines is 1. The Morgan fingerprint density at radius 2 is 1.93 bits per heavy atom. The summed E-state index contributed by atoms with van der Waals surface area (Å²) in [6.07, 6.45) is 3.05. The van der Waals surface area contributed by atoms with Gasteiger partial charge in [-0.3, -0.25) is 4.79 Å². The van der Waals surface area contributed by atoms with Crippen LogP contribution in [0, 0.1) is 0 Å². The topological polar surface area (TPSA) is 89.7 Å². The first-order valence-corrected chi connectivity index (χ1v) is 9.90. The fraction of sp³-hybridized carbons (Fsp3) is 0.304. The molecule has 2 N–H and O–H groups in total. The van der Waals surface area contributed by atoms with Crippen molar-refractivity contribution in [1.82, 2.24) is 10.3 Å². The number of amides is 1. The first-order chi connectivity index (χ1) is 14.7. The van der Waals surface area contributed by atoms with Crippen LogP contribution in [0.2, 0.25) is 0 Å². The highest BCUT2D eigenvalue weighted by Crippen LogP contribution is 2.25. The van der Waals surface area contributed by atoms with Crippen LogP contribution in [0.3, 0.4) is 0 Å². The van der Waals surface area contributed by atoms with Crippen LogP contribution in [-0.2, 0) is 27.3 Å². The number of fused-ring (bicyclic) bond motifs is 1. The van der Waals surface area contributed by atoms with Gasteiger partial charge in [-0.25, -0.2) is 4.79 Å². The molecular formula is C23H26N2O5. The van der Waals surface area contributed by atoms with E-state index in [1.807, 2.05) is 54.7 Å². The van der Waals surface area contributed by atoms with Crippen molar-refractivity contribution in [3.05, 3.63) is 65.9 Å². The summed E-state index contributed by atoms with van der Waals surface area (Å²) in [6, 6.07) is 15.3. The standard InChI is InChI=1S/C23H26N2O5/c1-28-22(26)11-8-18-15-25-21-10-9-19(14-20(18)21)29-13-5-12-24-23(27)30-16-17-6-3-2-4-7-17/h2-4,6-7,9-10,14-15,25H,5,8,11-13,16H2,1H3,(H,24,27). The second-order valence-corrected chi connectivity index (χ2v) is 6.79. The van der Waals surface area contributed by atoms with Crippen LogP contribution >= 0.6 is 0 Å². The van der Waals surface area contributed by atoms with Crippen LogP contribution in [0.15, 0.2) is 54.7 Å². The van der Waals surface area contributed by atoms with Gasteiger partial charge >= 0.3 is 12.1 Å². The summed E-state index contributed by atoms with van der Waals surface area (Å²) in [6.45, 7) is 1.18. The minimum Gasteiger partial charge on any atom is -0.494 e. The highest BCUT2D eigenvalue weighted by atomic mass is 16.5. The summed E-state index contributed by atoms with van der Waals surface area (Å²) in [4.78, 5) is 26.3. The lowest BCUT2D eigenvalue weighted by atomic mass is 10.1. The van der Waals surface area contributed by atoms with Crippen LogP contribution in [-0.4, -0.2) is 37.3 Å². The molecule has 2 aromatic carbocycles. The summed E-state index contributed by atoms with van der Waals surface area (Å²) in [5, 5.41) is 3.74. The second-order valence-electron chi connectivity index (χ2n) is 6.79. The summed E-state index contributed by atoms with van der Waals surface area (Å²) >= 11 is 0. The van der Waals surface area contributed by atoms with Gasteiger partial charge in [-0.15, -0.1) is 0 Å². The van der Waals surface area contributed by atoms with E-state index in [1.165, 1.54) is 7.11 Å². The Morgan fingerprint density at radius 3 is 2.73 bits per heavy atom. The molecule has 0 radical (unpaired) electrons. The van der Waals surface area contributed by atoms with Crippen LogP contribution in [0.4, 0.5) is 4.79 Å². The molecule has 0 fully saturated rings. The SMILES string of the molecule is COC(=O)CCc1c[nH]c2ccc(OCCCNC(=O)OCc3ccccc3)cc12. The van der Waals surface area contributed by atoms with E-state index in [0.717, 1.165) is 27.8 Å². The average Bonchev–Trinajstić information content (AvgIpc) is 3.18. The molecule has 7 heteroatoms. The number of benzene rings is 2. The van der Waals surface area contributed by atoms with Crippen molar-refractivity contribution in [2.45, 2.75) is 25.9 Å². The third kappa shape index (κ3) is 6.27. The number of carbonyl (C=O) groups is 2. The average molecular weight is 410 g/mol. The zero-order valence-electron chi connectivity index (χ0n) is 17.0. The number of methoxy groups -OCH3 is 1. The van der Waals surface area contributed by atoms with Gasteiger partial charge in [-0.2, -0.15) is 0 Å². The second kappa shape index (κ2) is 10.9. The van der Waals surface area contributed by atoms with Gasteiger partial charge in [0.2, 0.25) is 0 Å². The van der Waals surface area contributed by atoms with E-state index in [-0.39, 0.29) is 12.6 Å². The molecule has 0 saturated carbocycles. The molecule has 0 aliphatic carbocycles. The molecule has 30 heavy (non-hydrogen) atoms. The van der Waals surface area contributed by atoms with Crippen molar-refractivity contribution in [1.29, 1.82) is 0 Å². The van der Waals surface area contributed by atoms with Gasteiger partial charge < -0.3 is 24.5 Å². The summed E-state index contributed by atoms with van der Waals surface area (Å²) < 4.78 is 15.7. The molecule has 3 rings (SSSR count). The molecule has 0 saturated heterocycles. The van der Waals surface area contributed by atoms with Gasteiger partial charge in [0.05, 0.1) is 13.7 Å². The maximum absolute atomic E-state index is 11.7. The lowest BCUT2D eigenvalue weighted by Gasteiger charge is -2.09. The lowest BCUT2D eigenvalue weighted by molar-refractivity contribution is -0.140. The van der Waals surface area contributed by atoms with Crippen molar-refractivity contribution in [2.24, 2.45) is 0 Å². The first-order valence-electron chi connectivity index (χ1n) is 9.90. The van der Waals surface area contributed by atoms with Gasteiger partial charge in [0, 0.05) is 30.1 Å². The van der Waals surface area contributed by atoms with E-state index in [9.17, 15) is 9.59 Å². The number of aromatic nitrogens is 1. The van der Waals surface area contributed by atoms with Crippen molar-refractivity contribution in [2.75, 3.05) is 20.3 Å². The highest BCUT2D eigenvalue weighted by molar-refractivity contribution is 5.85. The quantitative estimate of drug-likeness (QED) is 0.390. The molecule has 3 aromatic rings. The van der Waals surface area contributed by atoms with Gasteiger partial charge in [0.25, 0.3) is 0 Å². The fourth-order valence-electron chi connectivity index (χ4n) is 3.02. The molecule has 0 atom stereocenters. The molecule has 0 spiro atoms. The molecule has 0 aliphatic rings. The predicted molar refractivity (Wildman–Crippen MR) is 113 cm³/mol. The summed E-state index contributed by atoms with van der Waals surface area (Å²) in [5.41, 5.74) is 2.98. The first kappa shape index (κ1) is 21.2. The van der Waals surface area contributed by atoms with Crippen molar-refractivity contribution >= 4 is 23.0 Å². The number of hydrogen-bond acceptors (Lipinski definition) is 5. The number of alkyl carbamates (subject to hydrolysis) is 1. The number of hydrogen-bond donors (Lipinski definition) is 2. The minimum absolute atomic E-state index is 0.230. The smallest absolute Gasteiger partial charge is 0.407 e. The van der Waals surface area contributed by atoms with E-state index >= 15 is 0 Å². The number of nitrogens with one attached hydrogen (secondary N) is 2. The molecule has 158 valence electrons. The lowest BCUT2D eigenvalue weighted by Crippen LogP contribution is -2.26. The Morgan fingerprint density at radius 1 is 1.10 bits per heavy atom. The largest absolute Gasteiger partial charge is 0.494 e. The third-order valence-electron chi connectivity index (χ3n) is 4.64. The van der Waals surface area contributed by atoms with Crippen LogP contribution < -0.4 is 10.1 Å². The van der Waals surface area contributed by atoms with Crippen LogP contribution in [0.5, 0.6) is 5.75 Å². The minimum atomic E-state index is -0.442. The summed E-state index contributed by atoms with van der Waals surface area (Å²) in [7, 11) is 1.39. The Hall–Kier alpha value is -3.48. The van der Waals surface area contributed by atoms with E-state index < -0.39 is 6.09 Å². The van der Waals surface area contributed by atoms with E-state index in [4.69, 9.17) is 14.2 Å². The normalized spacial score (nSPS) is 10.6. The summed E-state index contributed by atoms with van der Waals surface area (Å²) in [5.74, 6) is 0.514. The Kier molecular flexibility index (Phi) is 7.71. The molecule has 0 unspecified atom stereocenters. The van der Waals surface area contributed by atoms with Gasteiger partial charge in [0.1, 0.15) is 12.4 Å². The van der Waals surface area contributed by atoms with Crippen LogP contribution in [0.25, 0.3) is 10.9 Å².